The number of hydrogen-bond acceptors (Lipinski definition) is 5. The van der Waals surface area contributed by atoms with Crippen molar-refractivity contribution in [1.82, 2.24) is 24.4 Å². The Kier molecular flexibility index (Phi) is 6.26. The fraction of sp³-hybridized carbons (Fsp3) is 0.452. The van der Waals surface area contributed by atoms with E-state index in [4.69, 9.17) is 15.6 Å². The van der Waals surface area contributed by atoms with Crippen molar-refractivity contribution in [2.45, 2.75) is 64.1 Å². The highest BCUT2D eigenvalue weighted by molar-refractivity contribution is 5.95. The molecule has 0 radical (unpaired) electrons. The molecule has 2 aliphatic heterocycles. The second-order valence-corrected chi connectivity index (χ2v) is 11.8. The molecule has 3 aliphatic rings. The number of benzene rings is 1. The number of carbonyl (C=O) groups is 2. The molecular formula is C31H36N6O3. The Labute approximate surface area is 233 Å². The average molecular weight is 541 g/mol. The number of nitrogens with two attached hydrogens (primary N) is 1. The van der Waals surface area contributed by atoms with Crippen LogP contribution < -0.4 is 15.8 Å². The zero-order valence-electron chi connectivity index (χ0n) is 22.9. The number of nitrogens with one attached hydrogen (secondary N) is 1. The summed E-state index contributed by atoms with van der Waals surface area (Å²) >= 11 is 0. The molecule has 3 aromatic heterocycles. The highest BCUT2D eigenvalue weighted by atomic mass is 16.5. The summed E-state index contributed by atoms with van der Waals surface area (Å²) in [6, 6.07) is 12.4. The molecule has 0 spiro atoms. The molecule has 0 bridgehead atoms. The first-order chi connectivity index (χ1) is 19.4. The predicted octanol–water partition coefficient (Wildman–Crippen LogP) is 3.90. The van der Waals surface area contributed by atoms with Crippen LogP contribution in [0.1, 0.15) is 54.4 Å². The highest BCUT2D eigenvalue weighted by Crippen LogP contribution is 2.39. The number of fused-ring (bicyclic) bond motifs is 2. The first kappa shape index (κ1) is 25.1. The molecule has 3 fully saturated rings. The van der Waals surface area contributed by atoms with E-state index in [1.54, 1.807) is 0 Å². The van der Waals surface area contributed by atoms with Gasteiger partial charge in [-0.25, -0.2) is 4.52 Å². The third-order valence-electron chi connectivity index (χ3n) is 8.66. The predicted molar refractivity (Wildman–Crippen MR) is 153 cm³/mol. The van der Waals surface area contributed by atoms with Crippen molar-refractivity contribution >= 4 is 28.2 Å². The number of aryl methyl sites for hydroxylation is 1. The Morgan fingerprint density at radius 3 is 2.83 bits per heavy atom. The van der Waals surface area contributed by atoms with Crippen LogP contribution >= 0.6 is 0 Å². The minimum atomic E-state index is 0.00911. The molecule has 5 heterocycles. The number of para-hydroxylation sites is 1. The molecule has 0 unspecified atom stereocenters. The van der Waals surface area contributed by atoms with Gasteiger partial charge < -0.3 is 25.3 Å². The molecule has 2 amide bonds. The van der Waals surface area contributed by atoms with Crippen LogP contribution in [0.15, 0.2) is 42.6 Å². The summed E-state index contributed by atoms with van der Waals surface area (Å²) in [4.78, 5) is 26.8. The van der Waals surface area contributed by atoms with Crippen LogP contribution in [0.25, 0.3) is 27.8 Å². The van der Waals surface area contributed by atoms with Gasteiger partial charge in [-0.2, -0.15) is 5.10 Å². The lowest BCUT2D eigenvalue weighted by molar-refractivity contribution is -0.119. The van der Waals surface area contributed by atoms with Gasteiger partial charge in [0, 0.05) is 49.2 Å². The van der Waals surface area contributed by atoms with Crippen molar-refractivity contribution < 1.29 is 14.3 Å². The van der Waals surface area contributed by atoms with Gasteiger partial charge in [-0.1, -0.05) is 12.1 Å². The van der Waals surface area contributed by atoms with Crippen molar-refractivity contribution in [3.63, 3.8) is 0 Å². The van der Waals surface area contributed by atoms with Crippen LogP contribution in [0, 0.1) is 12.8 Å². The van der Waals surface area contributed by atoms with E-state index in [9.17, 15) is 9.59 Å². The van der Waals surface area contributed by atoms with E-state index >= 15 is 0 Å². The average Bonchev–Trinajstić information content (AvgIpc) is 3.43. The monoisotopic (exact) mass is 540 g/mol. The van der Waals surface area contributed by atoms with Crippen molar-refractivity contribution in [3.05, 3.63) is 53.7 Å². The quantitative estimate of drug-likeness (QED) is 0.370. The molecule has 4 aromatic rings. The van der Waals surface area contributed by atoms with Crippen LogP contribution in [-0.2, 0) is 11.3 Å². The zero-order valence-corrected chi connectivity index (χ0v) is 22.9. The summed E-state index contributed by atoms with van der Waals surface area (Å²) in [7, 11) is 0. The van der Waals surface area contributed by atoms with Gasteiger partial charge in [0.2, 0.25) is 5.91 Å². The summed E-state index contributed by atoms with van der Waals surface area (Å²) in [6.45, 7) is 4.81. The van der Waals surface area contributed by atoms with E-state index in [1.807, 2.05) is 39.9 Å². The van der Waals surface area contributed by atoms with E-state index in [0.717, 1.165) is 71.5 Å². The van der Waals surface area contributed by atoms with Gasteiger partial charge in [-0.15, -0.1) is 0 Å². The van der Waals surface area contributed by atoms with E-state index in [1.165, 1.54) is 12.8 Å². The van der Waals surface area contributed by atoms with E-state index < -0.39 is 0 Å². The molecule has 40 heavy (non-hydrogen) atoms. The lowest BCUT2D eigenvalue weighted by Gasteiger charge is -2.30. The van der Waals surface area contributed by atoms with Crippen molar-refractivity contribution in [2.24, 2.45) is 11.7 Å². The third-order valence-corrected chi connectivity index (χ3v) is 8.66. The Hall–Kier alpha value is -3.85. The molecule has 3 N–H and O–H groups in total. The number of rotatable bonds is 7. The van der Waals surface area contributed by atoms with Gasteiger partial charge in [0.15, 0.2) is 0 Å². The summed E-state index contributed by atoms with van der Waals surface area (Å²) in [6.07, 6.45) is 7.58. The molecule has 1 aliphatic carbocycles. The summed E-state index contributed by atoms with van der Waals surface area (Å²) in [5, 5.41) is 9.14. The Morgan fingerprint density at radius 1 is 1.18 bits per heavy atom. The fourth-order valence-corrected chi connectivity index (χ4v) is 6.26. The number of aromatic nitrogens is 3. The number of carbonyl (C=O) groups excluding carboxylic acids is 2. The summed E-state index contributed by atoms with van der Waals surface area (Å²) in [5.41, 5.74) is 11.9. The number of hydrogen-bond donors (Lipinski definition) is 2. The van der Waals surface area contributed by atoms with Crippen LogP contribution in [-0.4, -0.2) is 62.7 Å². The van der Waals surface area contributed by atoms with Gasteiger partial charge in [-0.05, 0) is 69.2 Å². The van der Waals surface area contributed by atoms with E-state index in [-0.39, 0.29) is 23.9 Å². The number of ether oxygens (including phenoxy) is 1. The normalized spacial score (nSPS) is 21.4. The van der Waals surface area contributed by atoms with E-state index in [2.05, 4.69) is 28.9 Å². The minimum Gasteiger partial charge on any atom is -0.489 e. The second-order valence-electron chi connectivity index (χ2n) is 11.8. The molecule has 9 heteroatoms. The molecule has 208 valence electrons. The van der Waals surface area contributed by atoms with Crippen molar-refractivity contribution in [3.8, 4) is 17.1 Å². The molecule has 1 saturated carbocycles. The lowest BCUT2D eigenvalue weighted by atomic mass is 10.1. The summed E-state index contributed by atoms with van der Waals surface area (Å²) in [5.74, 6) is 1.58. The van der Waals surface area contributed by atoms with Gasteiger partial charge in [0.1, 0.15) is 18.1 Å². The standard InChI is InChI=1S/C31H36N6O3/c1-19-25-11-9-22(31(39)35-13-3-5-23(32)17-35)16-37(25)34-29(19)26-14-21-4-2-6-27(30(21)36(26)15-20-7-8-20)40-18-24-10-12-28(38)33-24/h2,4,6,9,11,14,16,20,23-24H,3,5,7-8,10,12-13,15,17-18,32H2,1H3,(H,33,38)/t23-,24-/m1/s1. The largest absolute Gasteiger partial charge is 0.489 e. The number of amides is 2. The van der Waals surface area contributed by atoms with Crippen molar-refractivity contribution in [1.29, 1.82) is 0 Å². The van der Waals surface area contributed by atoms with Crippen LogP contribution in [0.4, 0.5) is 0 Å². The number of nitrogens with zero attached hydrogens (tertiary/aromatic N) is 4. The maximum absolute atomic E-state index is 13.3. The summed E-state index contributed by atoms with van der Waals surface area (Å²) < 4.78 is 10.5. The SMILES string of the molecule is Cc1c(-c2cc3cccc(OC[C@H]4CCC(=O)N4)c3n2CC2CC2)nn2cc(C(=O)N3CCC[C@@H](N)C3)ccc12. The Balaban J connectivity index is 1.26. The topological polar surface area (TPSA) is 107 Å². The third kappa shape index (κ3) is 4.62. The van der Waals surface area contributed by atoms with Crippen LogP contribution in [0.2, 0.25) is 0 Å². The first-order valence-electron chi connectivity index (χ1n) is 14.5. The highest BCUT2D eigenvalue weighted by Gasteiger charge is 2.28. The minimum absolute atomic E-state index is 0.00911. The fourth-order valence-electron chi connectivity index (χ4n) is 6.26. The van der Waals surface area contributed by atoms with Crippen LogP contribution in [0.5, 0.6) is 5.75 Å². The number of piperidine rings is 1. The van der Waals surface area contributed by atoms with Gasteiger partial charge >= 0.3 is 0 Å². The lowest BCUT2D eigenvalue weighted by Crippen LogP contribution is -2.45. The zero-order chi connectivity index (χ0) is 27.4. The maximum atomic E-state index is 13.3. The van der Waals surface area contributed by atoms with Gasteiger partial charge in [-0.3, -0.25) is 9.59 Å². The molecule has 9 nitrogen and oxygen atoms in total. The maximum Gasteiger partial charge on any atom is 0.255 e. The first-order valence-corrected chi connectivity index (χ1v) is 14.5. The van der Waals surface area contributed by atoms with E-state index in [0.29, 0.717) is 31.1 Å². The second kappa shape index (κ2) is 9.96. The molecule has 7 rings (SSSR count). The van der Waals surface area contributed by atoms with Crippen molar-refractivity contribution in [2.75, 3.05) is 19.7 Å². The number of pyridine rings is 1. The van der Waals surface area contributed by atoms with Crippen LogP contribution in [0.3, 0.4) is 0 Å². The smallest absolute Gasteiger partial charge is 0.255 e. The molecule has 1 aromatic carbocycles. The van der Waals surface area contributed by atoms with Gasteiger partial charge in [0.25, 0.3) is 5.91 Å². The molecular weight excluding hydrogens is 504 g/mol. The molecule has 2 saturated heterocycles. The molecule has 2 atom stereocenters. The van der Waals surface area contributed by atoms with Gasteiger partial charge in [0.05, 0.1) is 28.3 Å². The Morgan fingerprint density at radius 2 is 2.05 bits per heavy atom. The number of likely N-dealkylation sites (tertiary alicyclic amines) is 1. The Bertz CT molecular complexity index is 1620.